The third-order valence-corrected chi connectivity index (χ3v) is 4.24. The second-order valence-electron chi connectivity index (χ2n) is 5.60. The van der Waals surface area contributed by atoms with Crippen molar-refractivity contribution in [3.8, 4) is 5.75 Å². The zero-order valence-corrected chi connectivity index (χ0v) is 13.8. The van der Waals surface area contributed by atoms with Gasteiger partial charge < -0.3 is 9.64 Å². The number of anilines is 1. The average Bonchev–Trinajstić information content (AvgIpc) is 2.99. The molecule has 1 unspecified atom stereocenters. The number of halogens is 1. The highest BCUT2D eigenvalue weighted by Crippen LogP contribution is 2.37. The maximum Gasteiger partial charge on any atom is 0.238 e. The molecule has 1 aromatic carbocycles. The molecule has 1 atom stereocenters. The highest BCUT2D eigenvalue weighted by Gasteiger charge is 2.34. The summed E-state index contributed by atoms with van der Waals surface area (Å²) in [7, 11) is 0. The monoisotopic (exact) mass is 330 g/mol. The molecular weight excluding hydrogens is 312 g/mol. The van der Waals surface area contributed by atoms with Crippen LogP contribution >= 0.6 is 11.6 Å². The van der Waals surface area contributed by atoms with E-state index in [9.17, 15) is 4.79 Å². The van der Waals surface area contributed by atoms with Crippen molar-refractivity contribution in [1.29, 1.82) is 0 Å². The number of carbonyl (C=O) groups is 1. The number of hydrogen-bond donors (Lipinski definition) is 0. The number of fused-ring (bicyclic) bond motifs is 1. The Labute approximate surface area is 141 Å². The van der Waals surface area contributed by atoms with Crippen LogP contribution in [0.15, 0.2) is 42.7 Å². The molecule has 5 heteroatoms. The van der Waals surface area contributed by atoms with E-state index in [1.165, 1.54) is 0 Å². The van der Waals surface area contributed by atoms with Gasteiger partial charge in [-0.25, -0.2) is 0 Å². The Kier molecular flexibility index (Phi) is 4.82. The molecule has 0 spiro atoms. The van der Waals surface area contributed by atoms with Gasteiger partial charge in [0.1, 0.15) is 18.3 Å². The zero-order valence-electron chi connectivity index (χ0n) is 13.0. The molecule has 0 saturated carbocycles. The molecule has 0 bridgehead atoms. The second-order valence-corrected chi connectivity index (χ2v) is 6.04. The number of benzene rings is 1. The molecule has 2 heterocycles. The Morgan fingerprint density at radius 2 is 2.30 bits per heavy atom. The van der Waals surface area contributed by atoms with E-state index in [1.807, 2.05) is 24.3 Å². The lowest BCUT2D eigenvalue weighted by Gasteiger charge is -2.25. The lowest BCUT2D eigenvalue weighted by Crippen LogP contribution is -2.36. The Bertz CT molecular complexity index is 691. The minimum atomic E-state index is -0.319. The molecule has 0 N–H and O–H groups in total. The quantitative estimate of drug-likeness (QED) is 0.830. The maximum atomic E-state index is 13.1. The fourth-order valence-electron chi connectivity index (χ4n) is 2.77. The molecule has 0 aliphatic carbocycles. The van der Waals surface area contributed by atoms with Crippen molar-refractivity contribution in [2.45, 2.75) is 25.7 Å². The summed E-state index contributed by atoms with van der Waals surface area (Å²) in [5.74, 6) is 0.461. The molecule has 0 fully saturated rings. The third-order valence-electron chi connectivity index (χ3n) is 4.01. The molecule has 2 aromatic rings. The van der Waals surface area contributed by atoms with Crippen LogP contribution < -0.4 is 9.64 Å². The predicted molar refractivity (Wildman–Crippen MR) is 91.2 cm³/mol. The standard InChI is InChI=1S/C18H19ClN2O2/c1-2-3-9-21(14-5-4-8-20-11-14)18(22)16-12-23-17-7-6-13(19)10-15(16)17/h4-8,10-11,16H,2-3,9,12H2,1H3. The first-order valence-electron chi connectivity index (χ1n) is 7.84. The summed E-state index contributed by atoms with van der Waals surface area (Å²) in [5.41, 5.74) is 1.69. The van der Waals surface area contributed by atoms with E-state index in [2.05, 4.69) is 11.9 Å². The lowest BCUT2D eigenvalue weighted by molar-refractivity contribution is -0.120. The van der Waals surface area contributed by atoms with Crippen LogP contribution in [0.5, 0.6) is 5.75 Å². The molecular formula is C18H19ClN2O2. The number of rotatable bonds is 5. The van der Waals surface area contributed by atoms with E-state index in [-0.39, 0.29) is 11.8 Å². The van der Waals surface area contributed by atoms with Crippen LogP contribution in [0.3, 0.4) is 0 Å². The number of carbonyl (C=O) groups excluding carboxylic acids is 1. The van der Waals surface area contributed by atoms with Crippen LogP contribution in [-0.2, 0) is 4.79 Å². The van der Waals surface area contributed by atoms with Gasteiger partial charge in [0.25, 0.3) is 0 Å². The van der Waals surface area contributed by atoms with E-state index < -0.39 is 0 Å². The van der Waals surface area contributed by atoms with Crippen LogP contribution in [0.25, 0.3) is 0 Å². The Hall–Kier alpha value is -2.07. The number of aromatic nitrogens is 1. The largest absolute Gasteiger partial charge is 0.492 e. The fraction of sp³-hybridized carbons (Fsp3) is 0.333. The van der Waals surface area contributed by atoms with Crippen LogP contribution in [0.2, 0.25) is 5.02 Å². The van der Waals surface area contributed by atoms with Gasteiger partial charge in [-0.05, 0) is 36.8 Å². The normalized spacial score (nSPS) is 15.8. The molecule has 1 aliphatic rings. The SMILES string of the molecule is CCCCN(C(=O)C1COc2ccc(Cl)cc21)c1cccnc1. The van der Waals surface area contributed by atoms with Gasteiger partial charge >= 0.3 is 0 Å². The van der Waals surface area contributed by atoms with Gasteiger partial charge in [0, 0.05) is 23.3 Å². The first-order valence-corrected chi connectivity index (χ1v) is 8.22. The maximum absolute atomic E-state index is 13.1. The molecule has 3 rings (SSSR count). The van der Waals surface area contributed by atoms with Crippen molar-refractivity contribution in [3.63, 3.8) is 0 Å². The fourth-order valence-corrected chi connectivity index (χ4v) is 2.96. The summed E-state index contributed by atoms with van der Waals surface area (Å²) in [6, 6.07) is 9.19. The van der Waals surface area contributed by atoms with E-state index in [0.29, 0.717) is 18.2 Å². The molecule has 23 heavy (non-hydrogen) atoms. The minimum absolute atomic E-state index is 0.0347. The van der Waals surface area contributed by atoms with Gasteiger partial charge in [0.15, 0.2) is 0 Å². The smallest absolute Gasteiger partial charge is 0.238 e. The van der Waals surface area contributed by atoms with Crippen molar-refractivity contribution >= 4 is 23.2 Å². The Morgan fingerprint density at radius 3 is 3.04 bits per heavy atom. The molecule has 0 radical (unpaired) electrons. The number of pyridine rings is 1. The van der Waals surface area contributed by atoms with Gasteiger partial charge in [-0.2, -0.15) is 0 Å². The van der Waals surface area contributed by atoms with E-state index in [1.54, 1.807) is 23.4 Å². The first-order chi connectivity index (χ1) is 11.2. The summed E-state index contributed by atoms with van der Waals surface area (Å²) in [6.45, 7) is 3.14. The number of ether oxygens (including phenoxy) is 1. The Balaban J connectivity index is 1.89. The second kappa shape index (κ2) is 7.01. The van der Waals surface area contributed by atoms with Crippen molar-refractivity contribution in [3.05, 3.63) is 53.3 Å². The van der Waals surface area contributed by atoms with Crippen LogP contribution in [0.4, 0.5) is 5.69 Å². The number of nitrogens with zero attached hydrogens (tertiary/aromatic N) is 2. The summed E-state index contributed by atoms with van der Waals surface area (Å²) in [6.07, 6.45) is 5.40. The predicted octanol–water partition coefficient (Wildman–Crippen LogP) is 4.04. The van der Waals surface area contributed by atoms with Gasteiger partial charge in [-0.1, -0.05) is 24.9 Å². The summed E-state index contributed by atoms with van der Waals surface area (Å²) < 4.78 is 5.66. The Morgan fingerprint density at radius 1 is 1.43 bits per heavy atom. The van der Waals surface area contributed by atoms with Gasteiger partial charge in [-0.15, -0.1) is 0 Å². The van der Waals surface area contributed by atoms with E-state index >= 15 is 0 Å². The minimum Gasteiger partial charge on any atom is -0.492 e. The van der Waals surface area contributed by atoms with Crippen molar-refractivity contribution < 1.29 is 9.53 Å². The molecule has 1 amide bonds. The van der Waals surface area contributed by atoms with Crippen LogP contribution in [0.1, 0.15) is 31.2 Å². The summed E-state index contributed by atoms with van der Waals surface area (Å²) in [4.78, 5) is 19.0. The van der Waals surface area contributed by atoms with Crippen molar-refractivity contribution in [2.24, 2.45) is 0 Å². The molecule has 1 aliphatic heterocycles. The van der Waals surface area contributed by atoms with Crippen LogP contribution in [-0.4, -0.2) is 24.0 Å². The number of hydrogen-bond acceptors (Lipinski definition) is 3. The van der Waals surface area contributed by atoms with Gasteiger partial charge in [-0.3, -0.25) is 9.78 Å². The highest BCUT2D eigenvalue weighted by atomic mass is 35.5. The first kappa shape index (κ1) is 15.8. The topological polar surface area (TPSA) is 42.4 Å². The van der Waals surface area contributed by atoms with E-state index in [4.69, 9.17) is 16.3 Å². The molecule has 0 saturated heterocycles. The van der Waals surface area contributed by atoms with E-state index in [0.717, 1.165) is 29.8 Å². The lowest BCUT2D eigenvalue weighted by atomic mass is 9.99. The highest BCUT2D eigenvalue weighted by molar-refractivity contribution is 6.30. The zero-order chi connectivity index (χ0) is 16.2. The third kappa shape index (κ3) is 3.32. The van der Waals surface area contributed by atoms with Gasteiger partial charge in [0.05, 0.1) is 11.9 Å². The molecule has 4 nitrogen and oxygen atoms in total. The number of unbranched alkanes of at least 4 members (excludes halogenated alkanes) is 1. The average molecular weight is 331 g/mol. The molecule has 120 valence electrons. The summed E-state index contributed by atoms with van der Waals surface area (Å²) in [5, 5.41) is 0.619. The van der Waals surface area contributed by atoms with Crippen LogP contribution in [0, 0.1) is 0 Å². The van der Waals surface area contributed by atoms with Crippen molar-refractivity contribution in [2.75, 3.05) is 18.1 Å². The van der Waals surface area contributed by atoms with Crippen molar-refractivity contribution in [1.82, 2.24) is 4.98 Å². The van der Waals surface area contributed by atoms with Gasteiger partial charge in [0.2, 0.25) is 5.91 Å². The summed E-state index contributed by atoms with van der Waals surface area (Å²) >= 11 is 6.08. The number of amides is 1. The molecule has 1 aromatic heterocycles.